The van der Waals surface area contributed by atoms with Gasteiger partial charge >= 0.3 is 6.18 Å². The van der Waals surface area contributed by atoms with Gasteiger partial charge in [-0.05, 0) is 48.7 Å². The molecule has 1 aromatic carbocycles. The summed E-state index contributed by atoms with van der Waals surface area (Å²) in [6.07, 6.45) is 1.84. The summed E-state index contributed by atoms with van der Waals surface area (Å²) < 4.78 is 41.0. The minimum atomic E-state index is -4.48. The van der Waals surface area contributed by atoms with E-state index in [0.717, 1.165) is 18.1 Å². The highest BCUT2D eigenvalue weighted by Crippen LogP contribution is 2.47. The van der Waals surface area contributed by atoms with Crippen molar-refractivity contribution >= 4 is 17.4 Å². The van der Waals surface area contributed by atoms with Crippen molar-refractivity contribution in [3.63, 3.8) is 0 Å². The molecule has 3 aromatic rings. The third kappa shape index (κ3) is 4.92. The van der Waals surface area contributed by atoms with Gasteiger partial charge in [0.05, 0.1) is 5.56 Å². The Labute approximate surface area is 214 Å². The number of hydrogen-bond acceptors (Lipinski definition) is 6. The number of benzene rings is 1. The number of hydrogen-bond donors (Lipinski definition) is 1. The Morgan fingerprint density at radius 3 is 2.17 bits per heavy atom. The molecule has 2 N–H and O–H groups in total. The molecule has 4 rings (SSSR count). The zero-order valence-corrected chi connectivity index (χ0v) is 20.9. The first kappa shape index (κ1) is 26.3. The molecule has 0 spiro atoms. The predicted molar refractivity (Wildman–Crippen MR) is 135 cm³/mol. The highest BCUT2D eigenvalue weighted by Gasteiger charge is 2.50. The van der Waals surface area contributed by atoms with E-state index in [1.807, 2.05) is 24.3 Å². The summed E-state index contributed by atoms with van der Waals surface area (Å²) in [5.74, 6) is 0.593. The Morgan fingerprint density at radius 2 is 1.56 bits per heavy atom. The van der Waals surface area contributed by atoms with E-state index in [1.54, 1.807) is 23.4 Å². The summed E-state index contributed by atoms with van der Waals surface area (Å²) >= 11 is 6.82. The van der Waals surface area contributed by atoms with Crippen LogP contribution in [-0.2, 0) is 11.7 Å². The number of alkyl halides is 3. The molecular weight excluding hydrogens is 489 g/mol. The van der Waals surface area contributed by atoms with Crippen LogP contribution in [-0.4, -0.2) is 52.6 Å². The molecule has 0 radical (unpaired) electrons. The average molecular weight is 519 g/mol. The fourth-order valence-electron chi connectivity index (χ4n) is 5.41. The van der Waals surface area contributed by atoms with E-state index < -0.39 is 17.3 Å². The molecule has 1 fully saturated rings. The predicted octanol–water partition coefficient (Wildman–Crippen LogP) is 4.98. The van der Waals surface area contributed by atoms with Crippen molar-refractivity contribution in [2.24, 2.45) is 11.7 Å². The van der Waals surface area contributed by atoms with Crippen molar-refractivity contribution in [3.05, 3.63) is 83.0 Å². The zero-order chi connectivity index (χ0) is 25.8. The van der Waals surface area contributed by atoms with Crippen molar-refractivity contribution < 1.29 is 13.2 Å². The Morgan fingerprint density at radius 1 is 0.917 bits per heavy atom. The van der Waals surface area contributed by atoms with E-state index in [0.29, 0.717) is 50.0 Å². The number of nitrogens with zero attached hydrogens (tertiary/aromatic N) is 5. The van der Waals surface area contributed by atoms with Gasteiger partial charge in [0.25, 0.3) is 0 Å². The third-order valence-electron chi connectivity index (χ3n) is 6.96. The molecule has 10 heteroatoms. The molecule has 2 unspecified atom stereocenters. The number of pyridine rings is 1. The molecule has 1 saturated heterocycles. The first-order valence-corrected chi connectivity index (χ1v) is 12.5. The van der Waals surface area contributed by atoms with E-state index in [2.05, 4.69) is 16.8 Å². The minimum Gasteiger partial charge on any atom is -0.354 e. The van der Waals surface area contributed by atoms with Crippen LogP contribution >= 0.6 is 11.6 Å². The Balaban J connectivity index is 1.79. The fourth-order valence-corrected chi connectivity index (χ4v) is 5.69. The quantitative estimate of drug-likeness (QED) is 0.453. The molecule has 1 aliphatic heterocycles. The van der Waals surface area contributed by atoms with Gasteiger partial charge in [0.1, 0.15) is 11.4 Å². The highest BCUT2D eigenvalue weighted by molar-refractivity contribution is 6.31. The number of halogens is 4. The normalized spacial score (nSPS) is 17.6. The molecule has 0 amide bonds. The van der Waals surface area contributed by atoms with Crippen LogP contribution in [0.5, 0.6) is 0 Å². The second kappa shape index (κ2) is 11.1. The monoisotopic (exact) mass is 518 g/mol. The lowest BCUT2D eigenvalue weighted by molar-refractivity contribution is -0.137. The maximum atomic E-state index is 13.7. The molecule has 36 heavy (non-hydrogen) atoms. The van der Waals surface area contributed by atoms with Crippen molar-refractivity contribution in [2.45, 2.75) is 31.5 Å². The summed E-state index contributed by atoms with van der Waals surface area (Å²) in [7, 11) is 0. The number of piperazine rings is 1. The van der Waals surface area contributed by atoms with Crippen molar-refractivity contribution in [1.82, 2.24) is 19.9 Å². The number of aromatic nitrogens is 3. The van der Waals surface area contributed by atoms with Crippen LogP contribution < -0.4 is 10.6 Å². The van der Waals surface area contributed by atoms with Crippen LogP contribution in [0.1, 0.15) is 36.7 Å². The molecular formula is C26H30ClF3N6. The molecule has 6 nitrogen and oxygen atoms in total. The molecule has 0 bridgehead atoms. The molecule has 0 saturated carbocycles. The zero-order valence-electron chi connectivity index (χ0n) is 20.1. The van der Waals surface area contributed by atoms with E-state index in [4.69, 9.17) is 27.3 Å². The minimum absolute atomic E-state index is 0.0249. The van der Waals surface area contributed by atoms with Gasteiger partial charge in [0.2, 0.25) is 0 Å². The van der Waals surface area contributed by atoms with Crippen LogP contribution in [0.2, 0.25) is 5.02 Å². The number of rotatable bonds is 8. The van der Waals surface area contributed by atoms with Gasteiger partial charge in [-0.25, -0.2) is 15.0 Å². The number of anilines is 1. The second-order valence-corrected chi connectivity index (χ2v) is 9.25. The van der Waals surface area contributed by atoms with Crippen LogP contribution in [0.3, 0.4) is 0 Å². The van der Waals surface area contributed by atoms with Crippen LogP contribution in [0, 0.1) is 5.92 Å². The summed E-state index contributed by atoms with van der Waals surface area (Å²) in [4.78, 5) is 17.4. The molecule has 2 aromatic heterocycles. The Hall–Kier alpha value is -2.75. The maximum Gasteiger partial charge on any atom is 0.419 e. The van der Waals surface area contributed by atoms with Gasteiger partial charge in [0, 0.05) is 49.8 Å². The largest absolute Gasteiger partial charge is 0.419 e. The fraction of sp³-hybridized carbons (Fsp3) is 0.423. The standard InChI is InChI=1S/C26H30ClF3N6/c1-2-19(10-11-31)25(24-33-13-6-14-34-24,20-7-3-4-9-22(20)27)36-17-15-35(16-18-36)23-21(26(28,29)30)8-5-12-32-23/h3-9,12-14,19H,2,10-11,15-18,31H2,1H3. The highest BCUT2D eigenvalue weighted by atomic mass is 35.5. The lowest BCUT2D eigenvalue weighted by atomic mass is 9.72. The Bertz CT molecular complexity index is 1140. The lowest BCUT2D eigenvalue weighted by Crippen LogP contribution is -2.60. The van der Waals surface area contributed by atoms with Crippen LogP contribution in [0.4, 0.5) is 19.0 Å². The first-order chi connectivity index (χ1) is 17.3. The van der Waals surface area contributed by atoms with E-state index >= 15 is 0 Å². The van der Waals surface area contributed by atoms with Gasteiger partial charge in [-0.1, -0.05) is 43.1 Å². The van der Waals surface area contributed by atoms with E-state index in [-0.39, 0.29) is 11.7 Å². The Kier molecular flexibility index (Phi) is 8.12. The van der Waals surface area contributed by atoms with Gasteiger partial charge < -0.3 is 10.6 Å². The summed E-state index contributed by atoms with van der Waals surface area (Å²) in [6.45, 7) is 4.24. The van der Waals surface area contributed by atoms with Gasteiger partial charge in [-0.15, -0.1) is 0 Å². The third-order valence-corrected chi connectivity index (χ3v) is 7.29. The molecule has 3 heterocycles. The summed E-state index contributed by atoms with van der Waals surface area (Å²) in [6, 6.07) is 11.8. The van der Waals surface area contributed by atoms with Crippen LogP contribution in [0.15, 0.2) is 61.1 Å². The topological polar surface area (TPSA) is 71.2 Å². The summed E-state index contributed by atoms with van der Waals surface area (Å²) in [5, 5.41) is 0.590. The number of nitrogens with two attached hydrogens (primary N) is 1. The van der Waals surface area contributed by atoms with Gasteiger partial charge in [-0.2, -0.15) is 13.2 Å². The van der Waals surface area contributed by atoms with E-state index in [9.17, 15) is 13.2 Å². The first-order valence-electron chi connectivity index (χ1n) is 12.1. The molecule has 192 valence electrons. The van der Waals surface area contributed by atoms with Crippen molar-refractivity contribution in [1.29, 1.82) is 0 Å². The van der Waals surface area contributed by atoms with Crippen molar-refractivity contribution in [2.75, 3.05) is 37.6 Å². The smallest absolute Gasteiger partial charge is 0.354 e. The SMILES string of the molecule is CCC(CCN)C(c1ncccn1)(c1ccccc1Cl)N1CCN(c2ncccc2C(F)(F)F)CC1. The molecule has 0 aliphatic carbocycles. The lowest BCUT2D eigenvalue weighted by Gasteiger charge is -2.51. The van der Waals surface area contributed by atoms with Crippen LogP contribution in [0.25, 0.3) is 0 Å². The van der Waals surface area contributed by atoms with Crippen molar-refractivity contribution in [3.8, 4) is 0 Å². The average Bonchev–Trinajstić information content (AvgIpc) is 2.90. The van der Waals surface area contributed by atoms with Gasteiger partial charge in [-0.3, -0.25) is 4.90 Å². The van der Waals surface area contributed by atoms with E-state index in [1.165, 1.54) is 12.3 Å². The summed E-state index contributed by atoms with van der Waals surface area (Å²) in [5.41, 5.74) is 5.42. The second-order valence-electron chi connectivity index (χ2n) is 8.85. The molecule has 1 aliphatic rings. The van der Waals surface area contributed by atoms with Gasteiger partial charge in [0.15, 0.2) is 5.82 Å². The molecule has 2 atom stereocenters. The maximum absolute atomic E-state index is 13.7.